The summed E-state index contributed by atoms with van der Waals surface area (Å²) in [5, 5.41) is 4.00. The second kappa shape index (κ2) is 6.36. The molecule has 1 atom stereocenters. The van der Waals surface area contributed by atoms with Crippen LogP contribution in [0.25, 0.3) is 0 Å². The molecule has 1 aliphatic rings. The van der Waals surface area contributed by atoms with Crippen molar-refractivity contribution in [2.45, 2.75) is 38.6 Å². The zero-order valence-electron chi connectivity index (χ0n) is 13.5. The van der Waals surface area contributed by atoms with Crippen LogP contribution < -0.4 is 4.74 Å². The second-order valence-electron chi connectivity index (χ2n) is 5.89. The summed E-state index contributed by atoms with van der Waals surface area (Å²) in [4.78, 5) is 23.1. The molecule has 122 valence electrons. The number of carbonyl (C=O) groups is 1. The predicted octanol–water partition coefficient (Wildman–Crippen LogP) is 2.57. The molecule has 1 aliphatic heterocycles. The fourth-order valence-electron chi connectivity index (χ4n) is 2.70. The number of nitrogens with zero attached hydrogens (tertiary/aromatic N) is 4. The van der Waals surface area contributed by atoms with Gasteiger partial charge in [0, 0.05) is 30.3 Å². The Bertz CT molecular complexity index is 698. The summed E-state index contributed by atoms with van der Waals surface area (Å²) >= 11 is 0. The van der Waals surface area contributed by atoms with Crippen LogP contribution in [-0.4, -0.2) is 39.6 Å². The van der Waals surface area contributed by atoms with E-state index in [1.54, 1.807) is 23.2 Å². The molecule has 1 saturated heterocycles. The smallest absolute Gasteiger partial charge is 0.254 e. The summed E-state index contributed by atoms with van der Waals surface area (Å²) in [5.74, 6) is 1.73. The molecule has 1 fully saturated rings. The summed E-state index contributed by atoms with van der Waals surface area (Å²) in [5.41, 5.74) is 0.548. The van der Waals surface area contributed by atoms with Crippen molar-refractivity contribution < 1.29 is 14.1 Å². The number of hydrogen-bond donors (Lipinski definition) is 0. The molecule has 7 nitrogen and oxygen atoms in total. The van der Waals surface area contributed by atoms with Crippen molar-refractivity contribution in [1.82, 2.24) is 20.0 Å². The number of rotatable bonds is 4. The molecule has 0 bridgehead atoms. The number of ether oxygens (including phenoxy) is 1. The number of amides is 1. The Labute approximate surface area is 134 Å². The quantitative estimate of drug-likeness (QED) is 0.862. The van der Waals surface area contributed by atoms with Gasteiger partial charge in [-0.25, -0.2) is 4.98 Å². The summed E-state index contributed by atoms with van der Waals surface area (Å²) in [6.07, 6.45) is 3.31. The second-order valence-corrected chi connectivity index (χ2v) is 5.89. The first kappa shape index (κ1) is 15.5. The Morgan fingerprint density at radius 3 is 3.00 bits per heavy atom. The third-order valence-corrected chi connectivity index (χ3v) is 3.96. The Morgan fingerprint density at radius 1 is 1.48 bits per heavy atom. The lowest BCUT2D eigenvalue weighted by Crippen LogP contribution is -2.30. The number of methoxy groups -OCH3 is 1. The summed E-state index contributed by atoms with van der Waals surface area (Å²) in [6, 6.07) is 3.17. The van der Waals surface area contributed by atoms with Gasteiger partial charge in [0.25, 0.3) is 5.91 Å². The number of hydrogen-bond acceptors (Lipinski definition) is 6. The molecule has 0 unspecified atom stereocenters. The lowest BCUT2D eigenvalue weighted by Gasteiger charge is -2.22. The molecule has 0 N–H and O–H groups in total. The number of likely N-dealkylation sites (tertiary alicyclic amines) is 1. The molecular formula is C16H20N4O3. The van der Waals surface area contributed by atoms with Gasteiger partial charge in [-0.1, -0.05) is 19.0 Å². The van der Waals surface area contributed by atoms with Crippen LogP contribution in [0, 0.1) is 0 Å². The third kappa shape index (κ3) is 3.04. The molecule has 3 heterocycles. The van der Waals surface area contributed by atoms with E-state index >= 15 is 0 Å². The minimum atomic E-state index is -0.165. The Morgan fingerprint density at radius 2 is 2.30 bits per heavy atom. The van der Waals surface area contributed by atoms with Gasteiger partial charge in [-0.2, -0.15) is 4.98 Å². The minimum absolute atomic E-state index is 0.0718. The van der Waals surface area contributed by atoms with Gasteiger partial charge >= 0.3 is 0 Å². The minimum Gasteiger partial charge on any atom is -0.481 e. The van der Waals surface area contributed by atoms with Crippen molar-refractivity contribution in [1.29, 1.82) is 0 Å². The summed E-state index contributed by atoms with van der Waals surface area (Å²) < 4.78 is 10.5. The van der Waals surface area contributed by atoms with E-state index < -0.39 is 0 Å². The van der Waals surface area contributed by atoms with Gasteiger partial charge in [0.2, 0.25) is 11.8 Å². The van der Waals surface area contributed by atoms with Crippen molar-refractivity contribution in [3.05, 3.63) is 35.6 Å². The number of aromatic nitrogens is 3. The molecule has 7 heteroatoms. The molecule has 0 aromatic carbocycles. The van der Waals surface area contributed by atoms with Crippen LogP contribution >= 0.6 is 0 Å². The number of pyridine rings is 1. The van der Waals surface area contributed by atoms with Crippen LogP contribution in [-0.2, 0) is 0 Å². The van der Waals surface area contributed by atoms with E-state index in [4.69, 9.17) is 9.26 Å². The van der Waals surface area contributed by atoms with Crippen LogP contribution in [0.2, 0.25) is 0 Å². The van der Waals surface area contributed by atoms with Gasteiger partial charge in [-0.3, -0.25) is 4.79 Å². The van der Waals surface area contributed by atoms with Gasteiger partial charge in [0.05, 0.1) is 7.11 Å². The molecule has 1 amide bonds. The fourth-order valence-corrected chi connectivity index (χ4v) is 2.70. The Hall–Kier alpha value is -2.44. The van der Waals surface area contributed by atoms with Gasteiger partial charge in [0.15, 0.2) is 5.82 Å². The zero-order valence-corrected chi connectivity index (χ0v) is 13.5. The average Bonchev–Trinajstić information content (AvgIpc) is 3.22. The fraction of sp³-hybridized carbons (Fsp3) is 0.500. The van der Waals surface area contributed by atoms with Gasteiger partial charge < -0.3 is 14.2 Å². The van der Waals surface area contributed by atoms with Crippen LogP contribution in [0.4, 0.5) is 0 Å². The first-order chi connectivity index (χ1) is 11.1. The first-order valence-electron chi connectivity index (χ1n) is 7.74. The number of carbonyl (C=O) groups excluding carboxylic acids is 1. The van der Waals surface area contributed by atoms with Crippen LogP contribution in [0.1, 0.15) is 60.7 Å². The lowest BCUT2D eigenvalue weighted by molar-refractivity contribution is 0.0709. The van der Waals surface area contributed by atoms with Crippen LogP contribution in [0.3, 0.4) is 0 Å². The molecule has 0 radical (unpaired) electrons. The van der Waals surface area contributed by atoms with Crippen molar-refractivity contribution in [2.75, 3.05) is 13.7 Å². The van der Waals surface area contributed by atoms with Crippen molar-refractivity contribution in [3.63, 3.8) is 0 Å². The summed E-state index contributed by atoms with van der Waals surface area (Å²) in [7, 11) is 1.53. The largest absolute Gasteiger partial charge is 0.481 e. The normalized spacial score (nSPS) is 17.7. The van der Waals surface area contributed by atoms with Crippen LogP contribution in [0.15, 0.2) is 22.9 Å². The highest BCUT2D eigenvalue weighted by Crippen LogP contribution is 2.33. The summed E-state index contributed by atoms with van der Waals surface area (Å²) in [6.45, 7) is 4.69. The molecule has 2 aromatic heterocycles. The molecule has 3 rings (SSSR count). The monoisotopic (exact) mass is 316 g/mol. The van der Waals surface area contributed by atoms with E-state index in [1.165, 1.54) is 7.11 Å². The van der Waals surface area contributed by atoms with E-state index in [0.29, 0.717) is 29.7 Å². The maximum absolute atomic E-state index is 12.8. The van der Waals surface area contributed by atoms with E-state index in [-0.39, 0.29) is 17.9 Å². The van der Waals surface area contributed by atoms with Crippen LogP contribution in [0.5, 0.6) is 5.88 Å². The predicted molar refractivity (Wildman–Crippen MR) is 82.2 cm³/mol. The Balaban J connectivity index is 1.84. The standard InChI is InChI=1S/C16H20N4O3/c1-10(2)14-18-15(23-19-14)12-5-4-8-20(12)16(21)11-6-7-17-13(9-11)22-3/h6-7,9-10,12H,4-5,8H2,1-3H3/t12-/m0/s1. The SMILES string of the molecule is COc1cc(C(=O)N2CCC[C@H]2c2nc(C(C)C)no2)ccn1. The average molecular weight is 316 g/mol. The van der Waals surface area contributed by atoms with E-state index in [2.05, 4.69) is 15.1 Å². The maximum atomic E-state index is 12.8. The zero-order chi connectivity index (χ0) is 16.4. The van der Waals surface area contributed by atoms with Gasteiger partial charge in [-0.15, -0.1) is 0 Å². The highest BCUT2D eigenvalue weighted by molar-refractivity contribution is 5.94. The van der Waals surface area contributed by atoms with E-state index in [0.717, 1.165) is 12.8 Å². The van der Waals surface area contributed by atoms with Crippen molar-refractivity contribution >= 4 is 5.91 Å². The van der Waals surface area contributed by atoms with Crippen molar-refractivity contribution in [3.8, 4) is 5.88 Å². The maximum Gasteiger partial charge on any atom is 0.254 e. The molecule has 2 aromatic rings. The highest BCUT2D eigenvalue weighted by Gasteiger charge is 2.34. The van der Waals surface area contributed by atoms with Gasteiger partial charge in [-0.05, 0) is 18.9 Å². The highest BCUT2D eigenvalue weighted by atomic mass is 16.5. The lowest BCUT2D eigenvalue weighted by atomic mass is 10.2. The third-order valence-electron chi connectivity index (χ3n) is 3.96. The van der Waals surface area contributed by atoms with Crippen molar-refractivity contribution in [2.24, 2.45) is 0 Å². The molecule has 23 heavy (non-hydrogen) atoms. The molecule has 0 aliphatic carbocycles. The van der Waals surface area contributed by atoms with E-state index in [1.807, 2.05) is 13.8 Å². The Kier molecular flexibility index (Phi) is 4.27. The first-order valence-corrected chi connectivity index (χ1v) is 7.74. The topological polar surface area (TPSA) is 81.4 Å². The molecule has 0 saturated carbocycles. The molecular weight excluding hydrogens is 296 g/mol. The van der Waals surface area contributed by atoms with Gasteiger partial charge in [0.1, 0.15) is 6.04 Å². The molecule has 0 spiro atoms. The van der Waals surface area contributed by atoms with E-state index in [9.17, 15) is 4.79 Å².